The van der Waals surface area contributed by atoms with Gasteiger partial charge in [0.15, 0.2) is 0 Å². The van der Waals surface area contributed by atoms with Crippen molar-refractivity contribution >= 4 is 27.6 Å². The van der Waals surface area contributed by atoms with E-state index < -0.39 is 0 Å². The molecule has 6 nitrogen and oxygen atoms in total. The van der Waals surface area contributed by atoms with Crippen LogP contribution in [0.3, 0.4) is 0 Å². The number of hydrogen-bond donors (Lipinski definition) is 2. The maximum Gasteiger partial charge on any atom is 0.101 e. The van der Waals surface area contributed by atoms with Crippen molar-refractivity contribution in [2.24, 2.45) is 7.05 Å². The Morgan fingerprint density at radius 1 is 1.13 bits per heavy atom. The van der Waals surface area contributed by atoms with Gasteiger partial charge >= 0.3 is 0 Å². The molecule has 4 rings (SSSR count). The van der Waals surface area contributed by atoms with E-state index in [0.717, 1.165) is 33.4 Å². The van der Waals surface area contributed by atoms with Gasteiger partial charge in [0.25, 0.3) is 0 Å². The molecule has 2 aromatic heterocycles. The lowest BCUT2D eigenvalue weighted by Crippen LogP contribution is -2.07. The number of anilines is 1. The average molecular weight is 394 g/mol. The summed E-state index contributed by atoms with van der Waals surface area (Å²) in [5.74, 6) is 0. The van der Waals surface area contributed by atoms with Crippen molar-refractivity contribution in [3.63, 3.8) is 0 Å². The molecule has 0 spiro atoms. The number of benzene rings is 2. The highest BCUT2D eigenvalue weighted by Gasteiger charge is 2.12. The van der Waals surface area contributed by atoms with Crippen LogP contribution in [0.25, 0.3) is 33.1 Å². The summed E-state index contributed by atoms with van der Waals surface area (Å²) in [6, 6.07) is 14.7. The zero-order chi connectivity index (χ0) is 21.1. The third-order valence-electron chi connectivity index (χ3n) is 5.04. The first-order valence-electron chi connectivity index (χ1n) is 9.66. The van der Waals surface area contributed by atoms with Crippen LogP contribution in [0.15, 0.2) is 78.5 Å². The van der Waals surface area contributed by atoms with Gasteiger partial charge in [-0.2, -0.15) is 5.26 Å². The van der Waals surface area contributed by atoms with Crippen LogP contribution < -0.4 is 10.6 Å². The minimum absolute atomic E-state index is 0.551. The number of rotatable bonds is 5. The van der Waals surface area contributed by atoms with Crippen LogP contribution in [0.5, 0.6) is 0 Å². The van der Waals surface area contributed by atoms with Crippen LogP contribution in [-0.2, 0) is 7.05 Å². The highest BCUT2D eigenvalue weighted by molar-refractivity contribution is 5.97. The summed E-state index contributed by atoms with van der Waals surface area (Å²) in [6.45, 7) is 1.84. The summed E-state index contributed by atoms with van der Waals surface area (Å²) in [5.41, 5.74) is 6.89. The van der Waals surface area contributed by atoms with E-state index >= 15 is 0 Å². The maximum absolute atomic E-state index is 9.46. The van der Waals surface area contributed by atoms with Gasteiger partial charge in [0, 0.05) is 55.7 Å². The summed E-state index contributed by atoms with van der Waals surface area (Å²) in [6.07, 6.45) is 9.00. The fourth-order valence-electron chi connectivity index (χ4n) is 3.56. The van der Waals surface area contributed by atoms with Crippen LogP contribution in [-0.4, -0.2) is 21.6 Å². The Balaban J connectivity index is 1.88. The zero-order valence-electron chi connectivity index (χ0n) is 17.1. The van der Waals surface area contributed by atoms with Crippen molar-refractivity contribution in [2.75, 3.05) is 12.4 Å². The summed E-state index contributed by atoms with van der Waals surface area (Å²) in [5, 5.41) is 17.0. The number of nitrogens with one attached hydrogen (secondary N) is 2. The van der Waals surface area contributed by atoms with Crippen molar-refractivity contribution < 1.29 is 0 Å². The van der Waals surface area contributed by atoms with E-state index in [1.165, 1.54) is 5.39 Å². The van der Waals surface area contributed by atoms with Crippen molar-refractivity contribution in [3.05, 3.63) is 78.5 Å². The number of nitriles is 1. The molecule has 0 bridgehead atoms. The van der Waals surface area contributed by atoms with Crippen LogP contribution in [0.4, 0.5) is 5.69 Å². The molecular formula is C24H22N6. The molecule has 0 radical (unpaired) electrons. The second kappa shape index (κ2) is 8.10. The second-order valence-corrected chi connectivity index (χ2v) is 6.93. The Hall–Kier alpha value is -4.11. The Bertz CT molecular complexity index is 1340. The van der Waals surface area contributed by atoms with Crippen LogP contribution in [0, 0.1) is 11.3 Å². The van der Waals surface area contributed by atoms with Gasteiger partial charge in [-0.3, -0.25) is 9.97 Å². The van der Waals surface area contributed by atoms with Gasteiger partial charge in [0.2, 0.25) is 0 Å². The highest BCUT2D eigenvalue weighted by Crippen LogP contribution is 2.32. The van der Waals surface area contributed by atoms with Crippen molar-refractivity contribution in [1.82, 2.24) is 19.9 Å². The molecule has 0 saturated carbocycles. The molecule has 148 valence electrons. The molecule has 2 heterocycles. The third kappa shape index (κ3) is 3.49. The van der Waals surface area contributed by atoms with Gasteiger partial charge in [-0.05, 0) is 42.1 Å². The zero-order valence-corrected chi connectivity index (χ0v) is 17.1. The van der Waals surface area contributed by atoms with Crippen molar-refractivity contribution in [1.29, 1.82) is 5.26 Å². The van der Waals surface area contributed by atoms with E-state index in [1.54, 1.807) is 31.7 Å². The topological polar surface area (TPSA) is 78.6 Å². The number of hydrogen-bond acceptors (Lipinski definition) is 5. The normalized spacial score (nSPS) is 12.2. The number of nitrogens with zero attached hydrogens (tertiary/aromatic N) is 4. The van der Waals surface area contributed by atoms with Crippen LogP contribution in [0.2, 0.25) is 0 Å². The Labute approximate surface area is 175 Å². The molecule has 0 atom stereocenters. The minimum atomic E-state index is 0.551. The lowest BCUT2D eigenvalue weighted by molar-refractivity contribution is 0.969. The standard InChI is InChI=1S/C24H22N6/c1-4-16(14-25)22(15-26-2)29-19-12-20(24-21(13-19)27-8-9-28-24)18-6-5-17-7-10-30(3)23(17)11-18/h4-13,15,26,29H,1-3H3/b16-4-,22-15+. The molecule has 0 aliphatic carbocycles. The Morgan fingerprint density at radius 3 is 2.73 bits per heavy atom. The van der Waals surface area contributed by atoms with E-state index in [2.05, 4.69) is 67.8 Å². The van der Waals surface area contributed by atoms with Crippen molar-refractivity contribution in [3.8, 4) is 17.2 Å². The van der Waals surface area contributed by atoms with Crippen LogP contribution >= 0.6 is 0 Å². The summed E-state index contributed by atoms with van der Waals surface area (Å²) in [7, 11) is 3.84. The minimum Gasteiger partial charge on any atom is -0.392 e. The first kappa shape index (κ1) is 19.2. The molecule has 0 aliphatic heterocycles. The lowest BCUT2D eigenvalue weighted by atomic mass is 10.0. The molecule has 30 heavy (non-hydrogen) atoms. The fraction of sp³-hybridized carbons (Fsp3) is 0.125. The number of allylic oxidation sites excluding steroid dienone is 2. The Kier molecular flexibility index (Phi) is 5.19. The monoisotopic (exact) mass is 394 g/mol. The third-order valence-corrected chi connectivity index (χ3v) is 5.04. The predicted molar refractivity (Wildman–Crippen MR) is 122 cm³/mol. The first-order chi connectivity index (χ1) is 14.6. The van der Waals surface area contributed by atoms with Gasteiger partial charge in [-0.25, -0.2) is 0 Å². The van der Waals surface area contributed by atoms with Crippen molar-refractivity contribution in [2.45, 2.75) is 6.92 Å². The van der Waals surface area contributed by atoms with Gasteiger partial charge in [0.1, 0.15) is 6.07 Å². The summed E-state index contributed by atoms with van der Waals surface area (Å²) < 4.78 is 2.10. The molecule has 0 saturated heterocycles. The number of aryl methyl sites for hydroxylation is 1. The molecule has 2 N–H and O–H groups in total. The molecule has 0 fully saturated rings. The molecule has 4 aromatic rings. The molecule has 2 aromatic carbocycles. The first-order valence-corrected chi connectivity index (χ1v) is 9.66. The molecule has 0 unspecified atom stereocenters. The van der Waals surface area contributed by atoms with E-state index in [-0.39, 0.29) is 0 Å². The molecule has 0 amide bonds. The highest BCUT2D eigenvalue weighted by atomic mass is 14.9. The molecule has 0 aliphatic rings. The SMILES string of the molecule is C/C=C(C#N)\C(=C/NC)Nc1cc(-c2ccc3ccn(C)c3c2)c2nccnc2c1. The fourth-order valence-corrected chi connectivity index (χ4v) is 3.56. The Morgan fingerprint density at radius 2 is 1.97 bits per heavy atom. The quantitative estimate of drug-likeness (QED) is 0.378. The van der Waals surface area contributed by atoms with E-state index in [0.29, 0.717) is 11.3 Å². The van der Waals surface area contributed by atoms with E-state index in [9.17, 15) is 5.26 Å². The summed E-state index contributed by atoms with van der Waals surface area (Å²) >= 11 is 0. The molecular weight excluding hydrogens is 372 g/mol. The number of aromatic nitrogens is 3. The van der Waals surface area contributed by atoms with E-state index in [4.69, 9.17) is 0 Å². The van der Waals surface area contributed by atoms with Crippen LogP contribution in [0.1, 0.15) is 6.92 Å². The van der Waals surface area contributed by atoms with Gasteiger partial charge in [-0.15, -0.1) is 0 Å². The van der Waals surface area contributed by atoms with Gasteiger partial charge < -0.3 is 15.2 Å². The average Bonchev–Trinajstić information content (AvgIpc) is 3.14. The predicted octanol–water partition coefficient (Wildman–Crippen LogP) is 4.73. The lowest BCUT2D eigenvalue weighted by Gasteiger charge is -2.14. The number of fused-ring (bicyclic) bond motifs is 2. The smallest absolute Gasteiger partial charge is 0.101 e. The second-order valence-electron chi connectivity index (χ2n) is 6.93. The largest absolute Gasteiger partial charge is 0.392 e. The van der Waals surface area contributed by atoms with Gasteiger partial charge in [-0.1, -0.05) is 18.2 Å². The molecule has 6 heteroatoms. The van der Waals surface area contributed by atoms with E-state index in [1.807, 2.05) is 20.0 Å². The maximum atomic E-state index is 9.46. The summed E-state index contributed by atoms with van der Waals surface area (Å²) in [4.78, 5) is 9.10. The van der Waals surface area contributed by atoms with Gasteiger partial charge in [0.05, 0.1) is 22.3 Å².